The van der Waals surface area contributed by atoms with E-state index in [9.17, 15) is 0 Å². The first kappa shape index (κ1) is 11.0. The lowest BCUT2D eigenvalue weighted by molar-refractivity contribution is 0.518. The first-order chi connectivity index (χ1) is 5.63. The number of hydrogen-bond donors (Lipinski definition) is 2. The van der Waals surface area contributed by atoms with Crippen LogP contribution in [0.25, 0.3) is 0 Å². The number of H-pyrrole nitrogens is 1. The molecule has 0 unspecified atom stereocenters. The molecule has 5 heteroatoms. The molecule has 0 fully saturated rings. The molecule has 5 nitrogen and oxygen atoms in total. The smallest absolute Gasteiger partial charge is 0.161 e. The molecule has 2 N–H and O–H groups in total. The van der Waals surface area contributed by atoms with Gasteiger partial charge in [-0.3, -0.25) is 0 Å². The second-order valence-electron chi connectivity index (χ2n) is 3.04. The lowest BCUT2D eigenvalue weighted by atomic mass is 10.3. The molecule has 0 aliphatic rings. The van der Waals surface area contributed by atoms with E-state index in [1.165, 1.54) is 6.33 Å². The van der Waals surface area contributed by atoms with Crippen molar-refractivity contribution in [3.05, 3.63) is 6.33 Å². The van der Waals surface area contributed by atoms with Crippen molar-refractivity contribution in [3.8, 4) is 0 Å². The third kappa shape index (κ3) is 9.03. The van der Waals surface area contributed by atoms with Gasteiger partial charge in [0.25, 0.3) is 0 Å². The maximum atomic E-state index is 3.38. The number of aromatic nitrogens is 4. The second kappa shape index (κ2) is 6.72. The maximum absolute atomic E-state index is 3.38. The molecule has 12 heavy (non-hydrogen) atoms. The average Bonchev–Trinajstić information content (AvgIpc) is 2.36. The molecule has 0 atom stereocenters. The summed E-state index contributed by atoms with van der Waals surface area (Å²) >= 11 is 0. The molecule has 0 spiro atoms. The molecule has 70 valence electrons. The summed E-state index contributed by atoms with van der Waals surface area (Å²) in [5.41, 5.74) is 0. The number of tetrazole rings is 1. The van der Waals surface area contributed by atoms with Crippen molar-refractivity contribution < 1.29 is 0 Å². The average molecular weight is 171 g/mol. The Balaban J connectivity index is 0.000000211. The summed E-state index contributed by atoms with van der Waals surface area (Å²) in [7, 11) is 0. The van der Waals surface area contributed by atoms with Crippen LogP contribution in [0.3, 0.4) is 0 Å². The molecular formula is C7H17N5. The highest BCUT2D eigenvalue weighted by atomic mass is 15.5. The van der Waals surface area contributed by atoms with Gasteiger partial charge >= 0.3 is 0 Å². The van der Waals surface area contributed by atoms with E-state index in [1.54, 1.807) is 0 Å². The van der Waals surface area contributed by atoms with Crippen LogP contribution in [-0.4, -0.2) is 32.7 Å². The highest BCUT2D eigenvalue weighted by Gasteiger charge is 1.92. The highest BCUT2D eigenvalue weighted by Crippen LogP contribution is 1.80. The molecule has 1 rings (SSSR count). The third-order valence-corrected chi connectivity index (χ3v) is 0.936. The van der Waals surface area contributed by atoms with Crippen LogP contribution in [0, 0.1) is 0 Å². The van der Waals surface area contributed by atoms with Crippen molar-refractivity contribution in [3.63, 3.8) is 0 Å². The van der Waals surface area contributed by atoms with Crippen molar-refractivity contribution in [2.75, 3.05) is 0 Å². The largest absolute Gasteiger partial charge is 0.312 e. The van der Waals surface area contributed by atoms with Gasteiger partial charge in [-0.2, -0.15) is 5.21 Å². The van der Waals surface area contributed by atoms with E-state index >= 15 is 0 Å². The normalized spacial score (nSPS) is 9.83. The number of hydrogen-bond acceptors (Lipinski definition) is 4. The molecule has 0 bridgehead atoms. The predicted octanol–water partition coefficient (Wildman–Crippen LogP) is 0.592. The van der Waals surface area contributed by atoms with Crippen molar-refractivity contribution in [2.24, 2.45) is 0 Å². The minimum absolute atomic E-state index is 0.625. The molecular weight excluding hydrogens is 154 g/mol. The van der Waals surface area contributed by atoms with E-state index in [1.807, 2.05) is 0 Å². The van der Waals surface area contributed by atoms with Crippen LogP contribution in [0.1, 0.15) is 27.7 Å². The Kier molecular flexibility index (Phi) is 6.18. The standard InChI is InChI=1S/C6H15N.CH2N4/c1-5(2)7-6(3)4;1-2-4-5-3-1/h5-7H,1-4H3;1H,(H,2,3,4,5). The number of rotatable bonds is 2. The van der Waals surface area contributed by atoms with Crippen LogP contribution in [0.4, 0.5) is 0 Å². The van der Waals surface area contributed by atoms with Gasteiger partial charge in [-0.25, -0.2) is 0 Å². The fraction of sp³-hybridized carbons (Fsp3) is 0.857. The zero-order chi connectivity index (χ0) is 9.40. The molecule has 0 aliphatic carbocycles. The molecule has 1 aromatic rings. The lowest BCUT2D eigenvalue weighted by Crippen LogP contribution is -2.29. The summed E-state index contributed by atoms with van der Waals surface area (Å²) < 4.78 is 0. The Labute approximate surface area is 73.0 Å². The van der Waals surface area contributed by atoms with E-state index in [0.717, 1.165) is 0 Å². The highest BCUT2D eigenvalue weighted by molar-refractivity contribution is 4.55. The summed E-state index contributed by atoms with van der Waals surface area (Å²) in [6, 6.07) is 1.25. The van der Waals surface area contributed by atoms with Crippen LogP contribution in [0.15, 0.2) is 6.33 Å². The number of nitrogens with one attached hydrogen (secondary N) is 2. The van der Waals surface area contributed by atoms with Crippen LogP contribution < -0.4 is 5.32 Å². The van der Waals surface area contributed by atoms with Gasteiger partial charge in [-0.05, 0) is 0 Å². The van der Waals surface area contributed by atoms with Gasteiger partial charge in [0.05, 0.1) is 0 Å². The Morgan fingerprint density at radius 2 is 1.75 bits per heavy atom. The fourth-order valence-electron chi connectivity index (χ4n) is 0.796. The van der Waals surface area contributed by atoms with Crippen LogP contribution in [-0.2, 0) is 0 Å². The van der Waals surface area contributed by atoms with Gasteiger partial charge in [-0.15, -0.1) is 10.2 Å². The van der Waals surface area contributed by atoms with Gasteiger partial charge in [0, 0.05) is 12.1 Å². The molecule has 0 radical (unpaired) electrons. The Bertz CT molecular complexity index is 135. The summed E-state index contributed by atoms with van der Waals surface area (Å²) in [5, 5.41) is 15.5. The molecule has 0 amide bonds. The maximum Gasteiger partial charge on any atom is 0.161 e. The van der Waals surface area contributed by atoms with Gasteiger partial charge in [0.1, 0.15) is 0 Å². The quantitative estimate of drug-likeness (QED) is 0.683. The SMILES string of the molecule is CC(C)NC(C)C.c1nn[nH]n1. The Morgan fingerprint density at radius 1 is 1.17 bits per heavy atom. The van der Waals surface area contributed by atoms with E-state index < -0.39 is 0 Å². The number of aromatic amines is 1. The number of nitrogens with zero attached hydrogens (tertiary/aromatic N) is 3. The van der Waals surface area contributed by atoms with E-state index in [2.05, 4.69) is 53.6 Å². The molecule has 0 saturated heterocycles. The molecule has 1 heterocycles. The first-order valence-corrected chi connectivity index (χ1v) is 4.05. The van der Waals surface area contributed by atoms with Crippen LogP contribution in [0.2, 0.25) is 0 Å². The molecule has 0 aromatic carbocycles. The summed E-state index contributed by atoms with van der Waals surface area (Å²) in [6.07, 6.45) is 1.33. The van der Waals surface area contributed by atoms with Gasteiger partial charge in [0.2, 0.25) is 0 Å². The first-order valence-electron chi connectivity index (χ1n) is 4.05. The van der Waals surface area contributed by atoms with Crippen LogP contribution >= 0.6 is 0 Å². The van der Waals surface area contributed by atoms with Crippen LogP contribution in [0.5, 0.6) is 0 Å². The fourth-order valence-corrected chi connectivity index (χ4v) is 0.796. The van der Waals surface area contributed by atoms with E-state index in [0.29, 0.717) is 12.1 Å². The van der Waals surface area contributed by atoms with Crippen molar-refractivity contribution >= 4 is 0 Å². The monoisotopic (exact) mass is 171 g/mol. The topological polar surface area (TPSA) is 66.5 Å². The van der Waals surface area contributed by atoms with Gasteiger partial charge in [-0.1, -0.05) is 32.9 Å². The summed E-state index contributed by atoms with van der Waals surface area (Å²) in [4.78, 5) is 0. The second-order valence-corrected chi connectivity index (χ2v) is 3.04. The van der Waals surface area contributed by atoms with E-state index in [-0.39, 0.29) is 0 Å². The van der Waals surface area contributed by atoms with Gasteiger partial charge < -0.3 is 5.32 Å². The summed E-state index contributed by atoms with van der Waals surface area (Å²) in [5.74, 6) is 0. The Hall–Kier alpha value is -0.970. The zero-order valence-electron chi connectivity index (χ0n) is 8.07. The lowest BCUT2D eigenvalue weighted by Gasteiger charge is -2.10. The molecule has 0 aliphatic heterocycles. The van der Waals surface area contributed by atoms with Crippen molar-refractivity contribution in [1.82, 2.24) is 25.9 Å². The minimum Gasteiger partial charge on any atom is -0.312 e. The zero-order valence-corrected chi connectivity index (χ0v) is 8.07. The Morgan fingerprint density at radius 3 is 1.83 bits per heavy atom. The van der Waals surface area contributed by atoms with E-state index in [4.69, 9.17) is 0 Å². The minimum atomic E-state index is 0.625. The molecule has 1 aromatic heterocycles. The van der Waals surface area contributed by atoms with Crippen molar-refractivity contribution in [1.29, 1.82) is 0 Å². The van der Waals surface area contributed by atoms with Crippen molar-refractivity contribution in [2.45, 2.75) is 39.8 Å². The summed E-state index contributed by atoms with van der Waals surface area (Å²) in [6.45, 7) is 8.61. The predicted molar refractivity (Wildman–Crippen MR) is 47.6 cm³/mol. The third-order valence-electron chi connectivity index (χ3n) is 0.936. The molecule has 0 saturated carbocycles. The van der Waals surface area contributed by atoms with Gasteiger partial charge in [0.15, 0.2) is 6.33 Å².